The topological polar surface area (TPSA) is 104 Å². The Bertz CT molecular complexity index is 812. The van der Waals surface area contributed by atoms with Crippen molar-refractivity contribution in [1.29, 1.82) is 0 Å². The van der Waals surface area contributed by atoms with E-state index in [1.54, 1.807) is 0 Å². The average Bonchev–Trinajstić information content (AvgIpc) is 2.58. The number of nitrogens with one attached hydrogen (secondary N) is 3. The average molecular weight is 394 g/mol. The first kappa shape index (κ1) is 19.8. The molecule has 2 aliphatic rings. The van der Waals surface area contributed by atoms with Crippen molar-refractivity contribution in [2.45, 2.75) is 43.4 Å². The number of anilines is 1. The number of hydrogen-bond donors (Lipinski definition) is 3. The minimum absolute atomic E-state index is 0.0353. The van der Waals surface area contributed by atoms with Crippen LogP contribution in [0.25, 0.3) is 0 Å². The highest BCUT2D eigenvalue weighted by atomic mass is 32.2. The maximum absolute atomic E-state index is 12.8. The summed E-state index contributed by atoms with van der Waals surface area (Å²) in [5.74, 6) is -0.313. The highest BCUT2D eigenvalue weighted by Gasteiger charge is 2.48. The minimum Gasteiger partial charge on any atom is -0.351 e. The Balaban J connectivity index is 1.64. The van der Waals surface area contributed by atoms with E-state index in [4.69, 9.17) is 0 Å². The SMILES string of the molecule is CS(=O)(=O)C1(C(=O)NCc2cccc(NC(=O)C3CCC3)c2)CCNCC1. The lowest BCUT2D eigenvalue weighted by molar-refractivity contribution is -0.124. The highest BCUT2D eigenvalue weighted by Crippen LogP contribution is 2.29. The van der Waals surface area contributed by atoms with E-state index in [0.717, 1.165) is 31.1 Å². The zero-order valence-electron chi connectivity index (χ0n) is 15.6. The third-order valence-corrected chi connectivity index (χ3v) is 7.67. The van der Waals surface area contributed by atoms with Crippen LogP contribution in [0.15, 0.2) is 24.3 Å². The van der Waals surface area contributed by atoms with Crippen LogP contribution in [-0.2, 0) is 26.0 Å². The molecule has 1 heterocycles. The maximum atomic E-state index is 12.8. The van der Waals surface area contributed by atoms with Gasteiger partial charge in [-0.05, 0) is 56.5 Å². The molecule has 0 radical (unpaired) electrons. The van der Waals surface area contributed by atoms with Crippen LogP contribution in [0, 0.1) is 5.92 Å². The van der Waals surface area contributed by atoms with Crippen molar-refractivity contribution in [3.63, 3.8) is 0 Å². The molecule has 0 spiro atoms. The lowest BCUT2D eigenvalue weighted by Crippen LogP contribution is -2.57. The van der Waals surface area contributed by atoms with Gasteiger partial charge >= 0.3 is 0 Å². The normalized spacial score (nSPS) is 19.7. The molecule has 1 saturated carbocycles. The zero-order chi connectivity index (χ0) is 19.5. The third kappa shape index (κ3) is 4.32. The van der Waals surface area contributed by atoms with Crippen molar-refractivity contribution < 1.29 is 18.0 Å². The Morgan fingerprint density at radius 3 is 2.52 bits per heavy atom. The summed E-state index contributed by atoms with van der Waals surface area (Å²) in [4.78, 5) is 24.8. The molecule has 0 aromatic heterocycles. The van der Waals surface area contributed by atoms with Gasteiger partial charge in [-0.2, -0.15) is 0 Å². The van der Waals surface area contributed by atoms with Gasteiger partial charge in [0.1, 0.15) is 0 Å². The first-order valence-corrected chi connectivity index (χ1v) is 11.3. The van der Waals surface area contributed by atoms with E-state index < -0.39 is 20.5 Å². The van der Waals surface area contributed by atoms with E-state index in [1.165, 1.54) is 0 Å². The second kappa shape index (κ2) is 7.98. The van der Waals surface area contributed by atoms with E-state index in [-0.39, 0.29) is 31.2 Å². The van der Waals surface area contributed by atoms with Crippen molar-refractivity contribution in [3.05, 3.63) is 29.8 Å². The molecule has 2 fully saturated rings. The van der Waals surface area contributed by atoms with Crippen LogP contribution in [0.3, 0.4) is 0 Å². The monoisotopic (exact) mass is 393 g/mol. The number of carbonyl (C=O) groups is 2. The molecular formula is C19H27N3O4S. The third-order valence-electron chi connectivity index (χ3n) is 5.66. The first-order valence-electron chi connectivity index (χ1n) is 9.40. The molecule has 27 heavy (non-hydrogen) atoms. The predicted molar refractivity (Wildman–Crippen MR) is 104 cm³/mol. The molecule has 1 aromatic carbocycles. The van der Waals surface area contributed by atoms with Gasteiger partial charge in [0.15, 0.2) is 14.6 Å². The van der Waals surface area contributed by atoms with Crippen LogP contribution in [-0.4, -0.2) is 44.3 Å². The van der Waals surface area contributed by atoms with Gasteiger partial charge in [-0.1, -0.05) is 18.6 Å². The smallest absolute Gasteiger partial charge is 0.241 e. The minimum atomic E-state index is -3.53. The Hall–Kier alpha value is -1.93. The largest absolute Gasteiger partial charge is 0.351 e. The van der Waals surface area contributed by atoms with Gasteiger partial charge in [-0.3, -0.25) is 9.59 Å². The van der Waals surface area contributed by atoms with Gasteiger partial charge in [0.25, 0.3) is 0 Å². The van der Waals surface area contributed by atoms with Gasteiger partial charge in [0.2, 0.25) is 11.8 Å². The van der Waals surface area contributed by atoms with Crippen molar-refractivity contribution >= 4 is 27.3 Å². The number of amides is 2. The Morgan fingerprint density at radius 2 is 1.93 bits per heavy atom. The standard InChI is InChI=1S/C19H27N3O4S/c1-27(25,26)19(8-10-20-11-9-19)18(24)21-13-14-4-2-7-16(12-14)22-17(23)15-5-3-6-15/h2,4,7,12,15,20H,3,5-6,8-11,13H2,1H3,(H,21,24)(H,22,23). The Morgan fingerprint density at radius 1 is 1.22 bits per heavy atom. The summed E-state index contributed by atoms with van der Waals surface area (Å²) in [5, 5.41) is 8.79. The van der Waals surface area contributed by atoms with E-state index in [9.17, 15) is 18.0 Å². The summed E-state index contributed by atoms with van der Waals surface area (Å²) in [6.45, 7) is 1.23. The van der Waals surface area contributed by atoms with Crippen LogP contribution < -0.4 is 16.0 Å². The van der Waals surface area contributed by atoms with Crippen molar-refractivity contribution in [1.82, 2.24) is 10.6 Å². The van der Waals surface area contributed by atoms with Gasteiger partial charge in [0, 0.05) is 24.4 Å². The summed E-state index contributed by atoms with van der Waals surface area (Å²) < 4.78 is 23.2. The second-order valence-electron chi connectivity index (χ2n) is 7.52. The second-order valence-corrected chi connectivity index (χ2v) is 9.84. The van der Waals surface area contributed by atoms with Gasteiger partial charge in [0.05, 0.1) is 0 Å². The molecule has 3 rings (SSSR count). The summed E-state index contributed by atoms with van der Waals surface area (Å²) in [5.41, 5.74) is 1.51. The van der Waals surface area contributed by atoms with E-state index in [2.05, 4.69) is 16.0 Å². The van der Waals surface area contributed by atoms with Crippen LogP contribution in [0.2, 0.25) is 0 Å². The molecule has 0 atom stereocenters. The molecule has 1 saturated heterocycles. The molecule has 1 aromatic rings. The summed E-state index contributed by atoms with van der Waals surface area (Å²) in [6, 6.07) is 7.28. The summed E-state index contributed by atoms with van der Waals surface area (Å²) in [7, 11) is -3.53. The molecule has 0 unspecified atom stereocenters. The van der Waals surface area contributed by atoms with E-state index in [0.29, 0.717) is 18.8 Å². The number of sulfone groups is 1. The molecule has 1 aliphatic heterocycles. The first-order chi connectivity index (χ1) is 12.8. The quantitative estimate of drug-likeness (QED) is 0.674. The van der Waals surface area contributed by atoms with Crippen molar-refractivity contribution in [3.8, 4) is 0 Å². The molecule has 1 aliphatic carbocycles. The van der Waals surface area contributed by atoms with Gasteiger partial charge in [-0.25, -0.2) is 8.42 Å². The van der Waals surface area contributed by atoms with E-state index in [1.807, 2.05) is 24.3 Å². The highest BCUT2D eigenvalue weighted by molar-refractivity contribution is 7.92. The fourth-order valence-electron chi connectivity index (χ4n) is 3.61. The summed E-state index contributed by atoms with van der Waals surface area (Å²) in [6.07, 6.45) is 4.65. The molecule has 148 valence electrons. The maximum Gasteiger partial charge on any atom is 0.241 e. The number of benzene rings is 1. The number of rotatable bonds is 6. The Kier molecular flexibility index (Phi) is 5.86. The molecule has 7 nitrogen and oxygen atoms in total. The lowest BCUT2D eigenvalue weighted by atomic mass is 9.85. The number of hydrogen-bond acceptors (Lipinski definition) is 5. The molecular weight excluding hydrogens is 366 g/mol. The summed E-state index contributed by atoms with van der Waals surface area (Å²) >= 11 is 0. The van der Waals surface area contributed by atoms with E-state index >= 15 is 0 Å². The fraction of sp³-hybridized carbons (Fsp3) is 0.579. The van der Waals surface area contributed by atoms with Crippen LogP contribution >= 0.6 is 0 Å². The fourth-order valence-corrected chi connectivity index (χ4v) is 4.97. The van der Waals surface area contributed by atoms with Crippen LogP contribution in [0.4, 0.5) is 5.69 Å². The van der Waals surface area contributed by atoms with Gasteiger partial charge in [-0.15, -0.1) is 0 Å². The Labute approximate surface area is 160 Å². The molecule has 2 amide bonds. The molecule has 3 N–H and O–H groups in total. The zero-order valence-corrected chi connectivity index (χ0v) is 16.4. The van der Waals surface area contributed by atoms with Crippen molar-refractivity contribution in [2.24, 2.45) is 5.92 Å². The van der Waals surface area contributed by atoms with Gasteiger partial charge < -0.3 is 16.0 Å². The van der Waals surface area contributed by atoms with Crippen LogP contribution in [0.5, 0.6) is 0 Å². The molecule has 8 heteroatoms. The van der Waals surface area contributed by atoms with Crippen LogP contribution in [0.1, 0.15) is 37.7 Å². The predicted octanol–water partition coefficient (Wildman–Crippen LogP) is 1.21. The molecule has 0 bridgehead atoms. The van der Waals surface area contributed by atoms with Crippen molar-refractivity contribution in [2.75, 3.05) is 24.7 Å². The number of piperidine rings is 1. The number of carbonyl (C=O) groups excluding carboxylic acids is 2. The lowest BCUT2D eigenvalue weighted by Gasteiger charge is -2.34.